The van der Waals surface area contributed by atoms with E-state index in [1.54, 1.807) is 14.2 Å². The van der Waals surface area contributed by atoms with E-state index < -0.39 is 5.97 Å². The molecule has 0 aliphatic carbocycles. The van der Waals surface area contributed by atoms with Crippen molar-refractivity contribution < 1.29 is 19.4 Å². The van der Waals surface area contributed by atoms with Crippen molar-refractivity contribution in [3.63, 3.8) is 0 Å². The third-order valence-corrected chi connectivity index (χ3v) is 5.25. The smallest absolute Gasteiger partial charge is 0.307 e. The summed E-state index contributed by atoms with van der Waals surface area (Å²) in [4.78, 5) is 13.8. The van der Waals surface area contributed by atoms with E-state index in [-0.39, 0.29) is 12.0 Å². The van der Waals surface area contributed by atoms with E-state index in [0.717, 1.165) is 30.5 Å². The van der Waals surface area contributed by atoms with Crippen molar-refractivity contribution in [3.8, 4) is 11.5 Å². The zero-order chi connectivity index (χ0) is 19.4. The largest absolute Gasteiger partial charge is 0.493 e. The Morgan fingerprint density at radius 3 is 2.52 bits per heavy atom. The van der Waals surface area contributed by atoms with Crippen molar-refractivity contribution in [2.45, 2.75) is 25.8 Å². The fourth-order valence-corrected chi connectivity index (χ4v) is 3.92. The summed E-state index contributed by atoms with van der Waals surface area (Å²) in [5.74, 6) is 0.326. The molecular formula is C22H27NO4. The zero-order valence-corrected chi connectivity index (χ0v) is 16.1. The Labute approximate surface area is 160 Å². The standard InChI is InChI=1S/C22H27NO4/c1-15-6-4-7-16(12-15)21(23-11-5-8-18(14-23)22(24)25)17-9-10-19(26-2)20(13-17)27-3/h4,6-7,9-10,12-13,18,21H,5,8,11,14H2,1-3H3,(H,24,25). The van der Waals surface area contributed by atoms with Crippen LogP contribution in [0, 0.1) is 12.8 Å². The molecule has 27 heavy (non-hydrogen) atoms. The molecule has 2 aromatic rings. The maximum absolute atomic E-state index is 11.6. The number of benzene rings is 2. The Balaban J connectivity index is 2.04. The van der Waals surface area contributed by atoms with Gasteiger partial charge in [-0.05, 0) is 49.6 Å². The summed E-state index contributed by atoms with van der Waals surface area (Å²) in [7, 11) is 3.25. The number of ether oxygens (including phenoxy) is 2. The summed E-state index contributed by atoms with van der Waals surface area (Å²) in [5, 5.41) is 9.51. The monoisotopic (exact) mass is 369 g/mol. The quantitative estimate of drug-likeness (QED) is 0.837. The minimum atomic E-state index is -0.713. The van der Waals surface area contributed by atoms with Gasteiger partial charge in [0.15, 0.2) is 11.5 Å². The van der Waals surface area contributed by atoms with Gasteiger partial charge < -0.3 is 14.6 Å². The number of likely N-dealkylation sites (tertiary alicyclic amines) is 1. The summed E-state index contributed by atoms with van der Waals surface area (Å²) >= 11 is 0. The molecule has 1 N–H and O–H groups in total. The molecule has 3 rings (SSSR count). The second-order valence-electron chi connectivity index (χ2n) is 7.10. The van der Waals surface area contributed by atoms with Crippen molar-refractivity contribution in [1.29, 1.82) is 0 Å². The molecule has 0 aromatic heterocycles. The van der Waals surface area contributed by atoms with Crippen LogP contribution in [0.5, 0.6) is 11.5 Å². The lowest BCUT2D eigenvalue weighted by atomic mass is 9.90. The first-order valence-corrected chi connectivity index (χ1v) is 9.29. The number of carbonyl (C=O) groups is 1. The summed E-state index contributed by atoms with van der Waals surface area (Å²) < 4.78 is 10.9. The first kappa shape index (κ1) is 19.2. The maximum Gasteiger partial charge on any atom is 0.307 e. The second kappa shape index (κ2) is 8.44. The average Bonchev–Trinajstić information content (AvgIpc) is 2.68. The molecule has 1 heterocycles. The molecule has 1 saturated heterocycles. The Bertz CT molecular complexity index is 805. The van der Waals surface area contributed by atoms with Gasteiger partial charge in [-0.2, -0.15) is 0 Å². The average molecular weight is 369 g/mol. The van der Waals surface area contributed by atoms with Gasteiger partial charge in [-0.3, -0.25) is 9.69 Å². The highest BCUT2D eigenvalue weighted by atomic mass is 16.5. The summed E-state index contributed by atoms with van der Waals surface area (Å²) in [5.41, 5.74) is 3.42. The molecule has 2 atom stereocenters. The van der Waals surface area contributed by atoms with Crippen LogP contribution in [0.1, 0.15) is 35.6 Å². The molecule has 0 bridgehead atoms. The van der Waals surface area contributed by atoms with Gasteiger partial charge in [0.1, 0.15) is 0 Å². The first-order chi connectivity index (χ1) is 13.0. The van der Waals surface area contributed by atoms with Crippen LogP contribution in [0.25, 0.3) is 0 Å². The molecule has 2 unspecified atom stereocenters. The lowest BCUT2D eigenvalue weighted by Crippen LogP contribution is -2.41. The Hall–Kier alpha value is -2.53. The van der Waals surface area contributed by atoms with E-state index in [1.807, 2.05) is 18.2 Å². The van der Waals surface area contributed by atoms with E-state index in [2.05, 4.69) is 36.1 Å². The van der Waals surface area contributed by atoms with Crippen molar-refractivity contribution >= 4 is 5.97 Å². The predicted octanol–water partition coefficient (Wildman–Crippen LogP) is 3.90. The van der Waals surface area contributed by atoms with Gasteiger partial charge in [-0.25, -0.2) is 0 Å². The van der Waals surface area contributed by atoms with E-state index in [0.29, 0.717) is 18.0 Å². The van der Waals surface area contributed by atoms with Gasteiger partial charge >= 0.3 is 5.97 Å². The highest BCUT2D eigenvalue weighted by molar-refractivity contribution is 5.70. The van der Waals surface area contributed by atoms with E-state index in [4.69, 9.17) is 9.47 Å². The van der Waals surface area contributed by atoms with Crippen molar-refractivity contribution in [1.82, 2.24) is 4.90 Å². The molecule has 5 nitrogen and oxygen atoms in total. The fraction of sp³-hybridized carbons (Fsp3) is 0.409. The molecule has 1 aliphatic rings. The topological polar surface area (TPSA) is 59.0 Å². The van der Waals surface area contributed by atoms with Crippen LogP contribution in [0.15, 0.2) is 42.5 Å². The van der Waals surface area contributed by atoms with Gasteiger partial charge in [0.05, 0.1) is 26.2 Å². The van der Waals surface area contributed by atoms with E-state index >= 15 is 0 Å². The fourth-order valence-electron chi connectivity index (χ4n) is 3.92. The number of methoxy groups -OCH3 is 2. The summed E-state index contributed by atoms with van der Waals surface area (Å²) in [6, 6.07) is 14.3. The SMILES string of the molecule is COc1ccc(C(c2cccc(C)c2)N2CCCC(C(=O)O)C2)cc1OC. The molecule has 1 fully saturated rings. The lowest BCUT2D eigenvalue weighted by Gasteiger charge is -2.38. The number of rotatable bonds is 6. The highest BCUT2D eigenvalue weighted by Gasteiger charge is 2.31. The number of aryl methyl sites for hydroxylation is 1. The van der Waals surface area contributed by atoms with Crippen LogP contribution < -0.4 is 9.47 Å². The lowest BCUT2D eigenvalue weighted by molar-refractivity contribution is -0.143. The third kappa shape index (κ3) is 4.25. The molecular weight excluding hydrogens is 342 g/mol. The number of aliphatic carboxylic acids is 1. The van der Waals surface area contributed by atoms with Gasteiger partial charge in [-0.1, -0.05) is 35.9 Å². The molecule has 144 valence electrons. The van der Waals surface area contributed by atoms with Gasteiger partial charge in [0.25, 0.3) is 0 Å². The minimum absolute atomic E-state index is 0.0214. The summed E-state index contributed by atoms with van der Waals surface area (Å²) in [6.45, 7) is 3.49. The van der Waals surface area contributed by atoms with Gasteiger partial charge in [0, 0.05) is 6.54 Å². The summed E-state index contributed by atoms with van der Waals surface area (Å²) in [6.07, 6.45) is 1.62. The highest BCUT2D eigenvalue weighted by Crippen LogP contribution is 2.37. The van der Waals surface area contributed by atoms with E-state index in [9.17, 15) is 9.90 Å². The van der Waals surface area contributed by atoms with Crippen LogP contribution in [-0.4, -0.2) is 43.3 Å². The minimum Gasteiger partial charge on any atom is -0.493 e. The molecule has 5 heteroatoms. The van der Waals surface area contributed by atoms with Crippen molar-refractivity contribution in [3.05, 3.63) is 59.2 Å². The van der Waals surface area contributed by atoms with Crippen LogP contribution >= 0.6 is 0 Å². The Kier molecular flexibility index (Phi) is 6.01. The zero-order valence-electron chi connectivity index (χ0n) is 16.1. The van der Waals surface area contributed by atoms with Gasteiger partial charge in [0.2, 0.25) is 0 Å². The maximum atomic E-state index is 11.6. The van der Waals surface area contributed by atoms with Crippen molar-refractivity contribution in [2.75, 3.05) is 27.3 Å². The van der Waals surface area contributed by atoms with Crippen LogP contribution in [-0.2, 0) is 4.79 Å². The molecule has 2 aromatic carbocycles. The number of carboxylic acids is 1. The number of carboxylic acid groups (broad SMARTS) is 1. The van der Waals surface area contributed by atoms with E-state index in [1.165, 1.54) is 5.56 Å². The Morgan fingerprint density at radius 1 is 1.11 bits per heavy atom. The van der Waals surface area contributed by atoms with Crippen LogP contribution in [0.3, 0.4) is 0 Å². The second-order valence-corrected chi connectivity index (χ2v) is 7.10. The molecule has 0 amide bonds. The molecule has 0 saturated carbocycles. The third-order valence-electron chi connectivity index (χ3n) is 5.25. The normalized spacial score (nSPS) is 18.7. The van der Waals surface area contributed by atoms with Crippen LogP contribution in [0.2, 0.25) is 0 Å². The molecule has 0 radical (unpaired) electrons. The van der Waals surface area contributed by atoms with Crippen LogP contribution in [0.4, 0.5) is 0 Å². The Morgan fingerprint density at radius 2 is 1.85 bits per heavy atom. The first-order valence-electron chi connectivity index (χ1n) is 9.29. The van der Waals surface area contributed by atoms with Crippen molar-refractivity contribution in [2.24, 2.45) is 5.92 Å². The number of hydrogen-bond donors (Lipinski definition) is 1. The number of piperidine rings is 1. The molecule has 0 spiro atoms. The molecule has 1 aliphatic heterocycles. The number of nitrogens with zero attached hydrogens (tertiary/aromatic N) is 1. The number of hydrogen-bond acceptors (Lipinski definition) is 4. The predicted molar refractivity (Wildman–Crippen MR) is 105 cm³/mol. The van der Waals surface area contributed by atoms with Gasteiger partial charge in [-0.15, -0.1) is 0 Å².